The Morgan fingerprint density at radius 3 is 3.08 bits per heavy atom. The fourth-order valence-electron chi connectivity index (χ4n) is 2.90. The molecule has 0 saturated heterocycles. The van der Waals surface area contributed by atoms with Crippen molar-refractivity contribution >= 4 is 0 Å². The van der Waals surface area contributed by atoms with Crippen LogP contribution in [-0.2, 0) is 0 Å². The summed E-state index contributed by atoms with van der Waals surface area (Å²) in [6.45, 7) is 3.17. The van der Waals surface area contributed by atoms with Gasteiger partial charge in [0, 0.05) is 0 Å². The van der Waals surface area contributed by atoms with Crippen LogP contribution in [0.25, 0.3) is 0 Å². The summed E-state index contributed by atoms with van der Waals surface area (Å²) in [7, 11) is 0. The first-order chi connectivity index (χ1) is 6.35. The molecule has 2 aliphatic carbocycles. The predicted molar refractivity (Wildman–Crippen MR) is 56.4 cm³/mol. The molecule has 1 nitrogen and oxygen atoms in total. The zero-order valence-electron chi connectivity index (χ0n) is 8.63. The number of allylic oxidation sites excluding steroid dienone is 2. The molecular formula is C12H21N. The van der Waals surface area contributed by atoms with Gasteiger partial charge in [0.25, 0.3) is 0 Å². The van der Waals surface area contributed by atoms with Crippen LogP contribution < -0.4 is 5.73 Å². The van der Waals surface area contributed by atoms with Crippen molar-refractivity contribution in [1.29, 1.82) is 0 Å². The van der Waals surface area contributed by atoms with Crippen LogP contribution in [0, 0.1) is 17.8 Å². The molecule has 2 rings (SSSR count). The lowest BCUT2D eigenvalue weighted by Gasteiger charge is -2.39. The maximum atomic E-state index is 5.71. The lowest BCUT2D eigenvalue weighted by Crippen LogP contribution is -2.37. The van der Waals surface area contributed by atoms with Gasteiger partial charge in [-0.15, -0.1) is 0 Å². The highest BCUT2D eigenvalue weighted by Gasteiger charge is 2.41. The Morgan fingerprint density at radius 1 is 1.54 bits per heavy atom. The van der Waals surface area contributed by atoms with Gasteiger partial charge in [0.05, 0.1) is 0 Å². The maximum Gasteiger partial charge on any atom is -0.00430 e. The molecule has 1 saturated carbocycles. The standard InChI is InChI=1S/C12H21N/c1-2-3-4-9-5-10-7-11(8-13)12(10)6-9/h6,10-12H,2-5,7-8,13H2,1H3/t10-,11+,12+/m1/s1. The van der Waals surface area contributed by atoms with E-state index < -0.39 is 0 Å². The summed E-state index contributed by atoms with van der Waals surface area (Å²) in [4.78, 5) is 0. The molecular weight excluding hydrogens is 158 g/mol. The van der Waals surface area contributed by atoms with Gasteiger partial charge in [0.2, 0.25) is 0 Å². The van der Waals surface area contributed by atoms with E-state index >= 15 is 0 Å². The number of unbranched alkanes of at least 4 members (excludes halogenated alkanes) is 1. The second-order valence-electron chi connectivity index (χ2n) is 4.70. The van der Waals surface area contributed by atoms with E-state index in [-0.39, 0.29) is 0 Å². The third-order valence-electron chi connectivity index (χ3n) is 3.80. The minimum Gasteiger partial charge on any atom is -0.330 e. The monoisotopic (exact) mass is 179 g/mol. The Kier molecular flexibility index (Phi) is 2.73. The van der Waals surface area contributed by atoms with Gasteiger partial charge in [-0.2, -0.15) is 0 Å². The summed E-state index contributed by atoms with van der Waals surface area (Å²) in [5.74, 6) is 2.68. The topological polar surface area (TPSA) is 26.0 Å². The van der Waals surface area contributed by atoms with E-state index in [9.17, 15) is 0 Å². The van der Waals surface area contributed by atoms with Crippen molar-refractivity contribution < 1.29 is 0 Å². The van der Waals surface area contributed by atoms with Gasteiger partial charge >= 0.3 is 0 Å². The molecule has 0 heterocycles. The van der Waals surface area contributed by atoms with Crippen LogP contribution in [0.1, 0.15) is 39.0 Å². The summed E-state index contributed by atoms with van der Waals surface area (Å²) in [5, 5.41) is 0. The van der Waals surface area contributed by atoms with Gasteiger partial charge in [0.1, 0.15) is 0 Å². The van der Waals surface area contributed by atoms with Crippen LogP contribution in [0.3, 0.4) is 0 Å². The maximum absolute atomic E-state index is 5.71. The molecule has 0 unspecified atom stereocenters. The molecule has 3 atom stereocenters. The average Bonchev–Trinajstić information content (AvgIpc) is 2.43. The van der Waals surface area contributed by atoms with E-state index in [1.165, 1.54) is 32.1 Å². The van der Waals surface area contributed by atoms with E-state index in [0.29, 0.717) is 0 Å². The Balaban J connectivity index is 1.84. The molecule has 0 aromatic carbocycles. The fraction of sp³-hybridized carbons (Fsp3) is 0.833. The highest BCUT2D eigenvalue weighted by molar-refractivity contribution is 5.19. The molecule has 0 amide bonds. The molecule has 0 bridgehead atoms. The van der Waals surface area contributed by atoms with Crippen molar-refractivity contribution in [3.05, 3.63) is 11.6 Å². The first-order valence-corrected chi connectivity index (χ1v) is 5.74. The van der Waals surface area contributed by atoms with Crippen molar-refractivity contribution in [2.24, 2.45) is 23.5 Å². The highest BCUT2D eigenvalue weighted by atomic mass is 14.6. The largest absolute Gasteiger partial charge is 0.330 e. The van der Waals surface area contributed by atoms with Gasteiger partial charge < -0.3 is 5.73 Å². The lowest BCUT2D eigenvalue weighted by atomic mass is 9.66. The van der Waals surface area contributed by atoms with E-state index in [2.05, 4.69) is 13.0 Å². The number of nitrogens with two attached hydrogens (primary N) is 1. The van der Waals surface area contributed by atoms with Crippen molar-refractivity contribution in [1.82, 2.24) is 0 Å². The number of rotatable bonds is 4. The Bertz CT molecular complexity index is 207. The lowest BCUT2D eigenvalue weighted by molar-refractivity contribution is 0.136. The molecule has 0 radical (unpaired) electrons. The molecule has 74 valence electrons. The van der Waals surface area contributed by atoms with Crippen LogP contribution in [0.4, 0.5) is 0 Å². The van der Waals surface area contributed by atoms with Gasteiger partial charge in [-0.05, 0) is 50.0 Å². The summed E-state index contributed by atoms with van der Waals surface area (Å²) in [5.41, 5.74) is 7.44. The fourth-order valence-corrected chi connectivity index (χ4v) is 2.90. The Morgan fingerprint density at radius 2 is 2.38 bits per heavy atom. The third kappa shape index (κ3) is 1.67. The molecule has 2 aliphatic rings. The van der Waals surface area contributed by atoms with Gasteiger partial charge in [-0.3, -0.25) is 0 Å². The first kappa shape index (κ1) is 9.26. The second kappa shape index (κ2) is 3.83. The average molecular weight is 179 g/mol. The van der Waals surface area contributed by atoms with E-state index in [1.54, 1.807) is 5.57 Å². The molecule has 0 aromatic rings. The molecule has 0 aromatic heterocycles. The van der Waals surface area contributed by atoms with E-state index in [4.69, 9.17) is 5.73 Å². The number of hydrogen-bond donors (Lipinski definition) is 1. The summed E-state index contributed by atoms with van der Waals surface area (Å²) >= 11 is 0. The molecule has 13 heavy (non-hydrogen) atoms. The van der Waals surface area contributed by atoms with Crippen LogP contribution in [0.2, 0.25) is 0 Å². The smallest absolute Gasteiger partial charge is 0.00430 e. The molecule has 1 heteroatoms. The second-order valence-corrected chi connectivity index (χ2v) is 4.70. The van der Waals surface area contributed by atoms with Gasteiger partial charge in [0.15, 0.2) is 0 Å². The first-order valence-electron chi connectivity index (χ1n) is 5.74. The Hall–Kier alpha value is -0.300. The van der Waals surface area contributed by atoms with E-state index in [0.717, 1.165) is 24.3 Å². The zero-order chi connectivity index (χ0) is 9.26. The van der Waals surface area contributed by atoms with Crippen LogP contribution in [-0.4, -0.2) is 6.54 Å². The SMILES string of the molecule is CCCCC1=C[C@@H]2[C@H](CN)C[C@H]2C1. The molecule has 2 N–H and O–H groups in total. The van der Waals surface area contributed by atoms with Crippen molar-refractivity contribution in [3.8, 4) is 0 Å². The van der Waals surface area contributed by atoms with Crippen molar-refractivity contribution in [2.45, 2.75) is 39.0 Å². The number of fused-ring (bicyclic) bond motifs is 1. The quantitative estimate of drug-likeness (QED) is 0.660. The molecule has 1 fully saturated rings. The van der Waals surface area contributed by atoms with E-state index in [1.807, 2.05) is 0 Å². The zero-order valence-corrected chi connectivity index (χ0v) is 8.63. The molecule has 0 aliphatic heterocycles. The number of hydrogen-bond acceptors (Lipinski definition) is 1. The summed E-state index contributed by atoms with van der Waals surface area (Å²) < 4.78 is 0. The summed E-state index contributed by atoms with van der Waals surface area (Å²) in [6, 6.07) is 0. The Labute approximate surface area is 81.4 Å². The van der Waals surface area contributed by atoms with Crippen LogP contribution in [0.5, 0.6) is 0 Å². The van der Waals surface area contributed by atoms with Gasteiger partial charge in [-0.25, -0.2) is 0 Å². The normalized spacial score (nSPS) is 36.8. The van der Waals surface area contributed by atoms with Crippen LogP contribution in [0.15, 0.2) is 11.6 Å². The summed E-state index contributed by atoms with van der Waals surface area (Å²) in [6.07, 6.45) is 9.38. The van der Waals surface area contributed by atoms with Crippen molar-refractivity contribution in [2.75, 3.05) is 6.54 Å². The highest BCUT2D eigenvalue weighted by Crippen LogP contribution is 2.50. The predicted octanol–water partition coefficient (Wildman–Crippen LogP) is 2.72. The minimum absolute atomic E-state index is 0.823. The minimum atomic E-state index is 0.823. The van der Waals surface area contributed by atoms with Gasteiger partial charge in [-0.1, -0.05) is 25.0 Å². The molecule has 0 spiro atoms. The van der Waals surface area contributed by atoms with Crippen molar-refractivity contribution in [3.63, 3.8) is 0 Å². The van der Waals surface area contributed by atoms with Crippen LogP contribution >= 0.6 is 0 Å². The third-order valence-corrected chi connectivity index (χ3v) is 3.80.